The van der Waals surface area contributed by atoms with E-state index >= 15 is 0 Å². The van der Waals surface area contributed by atoms with Crippen LogP contribution in [0.4, 0.5) is 0 Å². The van der Waals surface area contributed by atoms with Crippen molar-refractivity contribution in [1.29, 1.82) is 0 Å². The fourth-order valence-electron chi connectivity index (χ4n) is 3.97. The van der Waals surface area contributed by atoms with Crippen molar-refractivity contribution in [1.82, 2.24) is 14.5 Å². The van der Waals surface area contributed by atoms with Crippen LogP contribution in [-0.2, 0) is 6.54 Å². The highest BCUT2D eigenvalue weighted by atomic mass is 79.9. The van der Waals surface area contributed by atoms with Gasteiger partial charge < -0.3 is 9.47 Å². The van der Waals surface area contributed by atoms with Crippen LogP contribution in [-0.4, -0.2) is 33.4 Å². The van der Waals surface area contributed by atoms with Gasteiger partial charge in [0, 0.05) is 23.1 Å². The number of nitrogens with zero attached hydrogens (tertiary/aromatic N) is 3. The van der Waals surface area contributed by atoms with Crippen molar-refractivity contribution in [2.24, 2.45) is 0 Å². The quantitative estimate of drug-likeness (QED) is 0.572. The molecule has 1 heterocycles. The molecule has 27 heavy (non-hydrogen) atoms. The Balaban J connectivity index is 1.52. The topological polar surface area (TPSA) is 38.1 Å². The van der Waals surface area contributed by atoms with Crippen LogP contribution in [0.15, 0.2) is 53.3 Å². The highest BCUT2D eigenvalue weighted by molar-refractivity contribution is 9.10. The van der Waals surface area contributed by atoms with Crippen molar-refractivity contribution in [3.63, 3.8) is 0 Å². The molecule has 0 atom stereocenters. The maximum Gasteiger partial charge on any atom is 0.253 e. The van der Waals surface area contributed by atoms with E-state index in [4.69, 9.17) is 0 Å². The van der Waals surface area contributed by atoms with E-state index in [1.54, 1.807) is 0 Å². The molecule has 0 aliphatic heterocycles. The number of imidazole rings is 1. The van der Waals surface area contributed by atoms with Crippen molar-refractivity contribution in [3.05, 3.63) is 64.4 Å². The lowest BCUT2D eigenvalue weighted by Gasteiger charge is -2.31. The predicted molar refractivity (Wildman–Crippen MR) is 112 cm³/mol. The summed E-state index contributed by atoms with van der Waals surface area (Å²) in [5, 5.41) is 0. The molecule has 1 aliphatic carbocycles. The summed E-state index contributed by atoms with van der Waals surface area (Å²) in [6, 6.07) is 14.4. The van der Waals surface area contributed by atoms with E-state index in [2.05, 4.69) is 31.5 Å². The first-order valence-electron chi connectivity index (χ1n) is 9.59. The Labute approximate surface area is 168 Å². The molecule has 1 fully saturated rings. The van der Waals surface area contributed by atoms with Gasteiger partial charge in [0.25, 0.3) is 5.91 Å². The van der Waals surface area contributed by atoms with Crippen molar-refractivity contribution in [3.8, 4) is 0 Å². The van der Waals surface area contributed by atoms with Gasteiger partial charge in [-0.2, -0.15) is 0 Å². The fraction of sp³-hybridized carbons (Fsp3) is 0.364. The van der Waals surface area contributed by atoms with Gasteiger partial charge in [0.2, 0.25) is 0 Å². The van der Waals surface area contributed by atoms with Gasteiger partial charge in [-0.05, 0) is 42.7 Å². The van der Waals surface area contributed by atoms with E-state index in [0.717, 1.165) is 39.5 Å². The Kier molecular flexibility index (Phi) is 5.30. The fourth-order valence-corrected chi connectivity index (χ4v) is 4.47. The van der Waals surface area contributed by atoms with Crippen LogP contribution >= 0.6 is 15.9 Å². The Morgan fingerprint density at radius 2 is 1.96 bits per heavy atom. The largest absolute Gasteiger partial charge is 0.339 e. The van der Waals surface area contributed by atoms with Gasteiger partial charge in [-0.25, -0.2) is 4.98 Å². The van der Waals surface area contributed by atoms with E-state index in [0.29, 0.717) is 12.6 Å². The van der Waals surface area contributed by atoms with Gasteiger partial charge in [-0.15, -0.1) is 0 Å². The zero-order valence-electron chi connectivity index (χ0n) is 15.6. The average Bonchev–Trinajstić information content (AvgIpc) is 3.12. The molecule has 2 aromatic carbocycles. The van der Waals surface area contributed by atoms with Crippen molar-refractivity contribution in [2.45, 2.75) is 44.7 Å². The van der Waals surface area contributed by atoms with Crippen LogP contribution in [0.25, 0.3) is 11.0 Å². The van der Waals surface area contributed by atoms with Gasteiger partial charge in [-0.1, -0.05) is 53.4 Å². The summed E-state index contributed by atoms with van der Waals surface area (Å²) >= 11 is 3.67. The monoisotopic (exact) mass is 425 g/mol. The lowest BCUT2D eigenvalue weighted by molar-refractivity contribution is 0.0696. The van der Waals surface area contributed by atoms with Crippen LogP contribution in [0.2, 0.25) is 0 Å². The molecule has 0 saturated heterocycles. The van der Waals surface area contributed by atoms with E-state index in [1.807, 2.05) is 54.7 Å². The molecule has 0 N–H and O–H groups in total. The molecule has 0 bridgehead atoms. The van der Waals surface area contributed by atoms with E-state index in [9.17, 15) is 4.79 Å². The Morgan fingerprint density at radius 1 is 1.19 bits per heavy atom. The molecule has 1 saturated carbocycles. The number of aromatic nitrogens is 2. The summed E-state index contributed by atoms with van der Waals surface area (Å²) < 4.78 is 3.09. The minimum Gasteiger partial charge on any atom is -0.339 e. The van der Waals surface area contributed by atoms with Gasteiger partial charge in [0.05, 0.1) is 23.9 Å². The molecule has 3 aromatic rings. The zero-order valence-corrected chi connectivity index (χ0v) is 17.2. The molecular weight excluding hydrogens is 402 g/mol. The number of carbonyl (C=O) groups is 1. The normalized spacial score (nSPS) is 15.2. The smallest absolute Gasteiger partial charge is 0.253 e. The summed E-state index contributed by atoms with van der Waals surface area (Å²) in [5.41, 5.74) is 3.99. The Hall–Kier alpha value is -2.14. The van der Waals surface area contributed by atoms with Crippen molar-refractivity contribution < 1.29 is 4.79 Å². The van der Waals surface area contributed by atoms with Crippen molar-refractivity contribution >= 4 is 32.9 Å². The number of fused-ring (bicyclic) bond motifs is 1. The predicted octanol–water partition coefficient (Wildman–Crippen LogP) is 5.25. The maximum absolute atomic E-state index is 12.9. The summed E-state index contributed by atoms with van der Waals surface area (Å²) in [6.45, 7) is 0.716. The average molecular weight is 426 g/mol. The van der Waals surface area contributed by atoms with Crippen LogP contribution in [0, 0.1) is 0 Å². The first-order valence-corrected chi connectivity index (χ1v) is 10.4. The third-order valence-electron chi connectivity index (χ3n) is 5.61. The number of halogens is 1. The molecule has 4 nitrogen and oxygen atoms in total. The second kappa shape index (κ2) is 7.85. The number of para-hydroxylation sites is 2. The second-order valence-corrected chi connectivity index (χ2v) is 8.23. The van der Waals surface area contributed by atoms with Gasteiger partial charge in [-0.3, -0.25) is 4.79 Å². The van der Waals surface area contributed by atoms with E-state index in [1.165, 1.54) is 19.3 Å². The highest BCUT2D eigenvalue weighted by Crippen LogP contribution is 2.25. The van der Waals surface area contributed by atoms with E-state index < -0.39 is 0 Å². The number of benzene rings is 2. The SMILES string of the molecule is CN(C(=O)c1ccc(Cn2cnc3ccccc32)c(Br)c1)C1CCCCC1. The molecule has 0 spiro atoms. The first kappa shape index (κ1) is 18.2. The second-order valence-electron chi connectivity index (χ2n) is 7.38. The Bertz CT molecular complexity index is 959. The number of hydrogen-bond acceptors (Lipinski definition) is 2. The Morgan fingerprint density at radius 3 is 2.74 bits per heavy atom. The minimum atomic E-state index is 0.113. The summed E-state index contributed by atoms with van der Waals surface area (Å²) in [4.78, 5) is 19.3. The number of hydrogen-bond donors (Lipinski definition) is 0. The van der Waals surface area contributed by atoms with Crippen molar-refractivity contribution in [2.75, 3.05) is 7.05 Å². The molecule has 4 rings (SSSR count). The molecule has 1 aromatic heterocycles. The number of carbonyl (C=O) groups excluding carboxylic acids is 1. The molecule has 140 valence electrons. The lowest BCUT2D eigenvalue weighted by atomic mass is 9.94. The maximum atomic E-state index is 12.9. The standard InChI is InChI=1S/C22H24BrN3O/c1-25(18-7-3-2-4-8-18)22(27)16-11-12-17(19(23)13-16)14-26-15-24-20-9-5-6-10-21(20)26/h5-6,9-13,15,18H,2-4,7-8,14H2,1H3. The van der Waals surface area contributed by atoms with Crippen LogP contribution in [0.1, 0.15) is 48.0 Å². The molecule has 1 aliphatic rings. The van der Waals surface area contributed by atoms with Crippen LogP contribution < -0.4 is 0 Å². The third kappa shape index (κ3) is 3.79. The van der Waals surface area contributed by atoms with E-state index in [-0.39, 0.29) is 5.91 Å². The minimum absolute atomic E-state index is 0.113. The summed E-state index contributed by atoms with van der Waals surface area (Å²) in [6.07, 6.45) is 7.85. The zero-order chi connectivity index (χ0) is 18.8. The highest BCUT2D eigenvalue weighted by Gasteiger charge is 2.23. The first-order chi connectivity index (χ1) is 13.1. The molecule has 5 heteroatoms. The summed E-state index contributed by atoms with van der Waals surface area (Å²) in [7, 11) is 1.94. The molecule has 0 radical (unpaired) electrons. The summed E-state index contributed by atoms with van der Waals surface area (Å²) in [5.74, 6) is 0.113. The number of rotatable bonds is 4. The van der Waals surface area contributed by atoms with Gasteiger partial charge in [0.1, 0.15) is 0 Å². The molecule has 1 amide bonds. The van der Waals surface area contributed by atoms with Crippen LogP contribution in [0.3, 0.4) is 0 Å². The van der Waals surface area contributed by atoms with Gasteiger partial charge in [0.15, 0.2) is 0 Å². The molecular formula is C22H24BrN3O. The third-order valence-corrected chi connectivity index (χ3v) is 6.35. The van der Waals surface area contributed by atoms with Crippen LogP contribution in [0.5, 0.6) is 0 Å². The number of amides is 1. The molecule has 0 unspecified atom stereocenters. The lowest BCUT2D eigenvalue weighted by Crippen LogP contribution is -2.38. The van der Waals surface area contributed by atoms with Gasteiger partial charge >= 0.3 is 0 Å².